The molecule has 0 amide bonds. The number of likely N-dealkylation sites (N-methyl/N-ethyl adjacent to an activating group) is 1. The minimum absolute atomic E-state index is 0.120. The molecule has 2 heterocycles. The Hall–Kier alpha value is -3.56. The number of hydrogen-bond donors (Lipinski definition) is 1. The van der Waals surface area contributed by atoms with Gasteiger partial charge in [-0.15, -0.1) is 4.68 Å². The van der Waals surface area contributed by atoms with Gasteiger partial charge in [0, 0.05) is 25.3 Å². The number of nitrogens with zero attached hydrogens (tertiary/aromatic N) is 6. The second-order valence-corrected chi connectivity index (χ2v) is 13.2. The summed E-state index contributed by atoms with van der Waals surface area (Å²) in [5.74, 6) is 1.08. The van der Waals surface area contributed by atoms with E-state index in [0.29, 0.717) is 42.9 Å². The topological polar surface area (TPSA) is 134 Å². The highest BCUT2D eigenvalue weighted by molar-refractivity contribution is 7.88. The zero-order chi connectivity index (χ0) is 30.1. The minimum Gasteiger partial charge on any atom is -0.458 e. The molecule has 11 nitrogen and oxygen atoms in total. The predicted molar refractivity (Wildman–Crippen MR) is 157 cm³/mol. The molecule has 12 heteroatoms. The van der Waals surface area contributed by atoms with Gasteiger partial charge in [-0.05, 0) is 73.2 Å². The van der Waals surface area contributed by atoms with Gasteiger partial charge in [-0.1, -0.05) is 20.8 Å². The Morgan fingerprint density at radius 1 is 1.29 bits per heavy atom. The molecule has 1 aromatic carbocycles. The Kier molecular flexibility index (Phi) is 8.99. The van der Waals surface area contributed by atoms with E-state index in [0.717, 1.165) is 30.3 Å². The van der Waals surface area contributed by atoms with Gasteiger partial charge in [0.2, 0.25) is 10.0 Å². The third kappa shape index (κ3) is 6.52. The molecule has 0 spiro atoms. The molecule has 220 valence electrons. The summed E-state index contributed by atoms with van der Waals surface area (Å²) >= 11 is 0. The summed E-state index contributed by atoms with van der Waals surface area (Å²) in [6, 6.07) is 7.93. The monoisotopic (exact) mass is 582 g/mol. The maximum Gasteiger partial charge on any atom is 0.343 e. The SMILES string of the molecule is CCN(CCNS(C)(=O)=O)c1ccc(N=C2C(C(=O)OC3C(C)CC(C)CC3C)=C(C#N)c3nc[n+](C)n32)c(C)c1. The third-order valence-corrected chi connectivity index (χ3v) is 8.62. The van der Waals surface area contributed by atoms with Gasteiger partial charge in [-0.3, -0.25) is 0 Å². The first-order valence-corrected chi connectivity index (χ1v) is 15.9. The molecule has 0 saturated heterocycles. The number of sulfonamides is 1. The molecule has 2 aliphatic rings. The molecular weight excluding hydrogens is 542 g/mol. The number of carbonyl (C=O) groups is 1. The molecule has 4 rings (SSSR count). The number of nitriles is 1. The number of aromatic nitrogens is 3. The van der Waals surface area contributed by atoms with Gasteiger partial charge in [-0.2, -0.15) is 9.94 Å². The van der Waals surface area contributed by atoms with Gasteiger partial charge < -0.3 is 9.64 Å². The molecule has 0 bridgehead atoms. The van der Waals surface area contributed by atoms with Crippen molar-refractivity contribution in [2.24, 2.45) is 29.8 Å². The number of aliphatic imine (C=N–C) groups is 1. The van der Waals surface area contributed by atoms with E-state index < -0.39 is 16.0 Å². The van der Waals surface area contributed by atoms with Crippen LogP contribution in [0.1, 0.15) is 51.9 Å². The zero-order valence-corrected chi connectivity index (χ0v) is 25.7. The first-order valence-electron chi connectivity index (χ1n) is 14.0. The quantitative estimate of drug-likeness (QED) is 0.355. The van der Waals surface area contributed by atoms with E-state index in [2.05, 4.69) is 41.4 Å². The first kappa shape index (κ1) is 30.4. The van der Waals surface area contributed by atoms with Gasteiger partial charge in [0.15, 0.2) is 5.84 Å². The molecule has 1 aliphatic carbocycles. The van der Waals surface area contributed by atoms with Gasteiger partial charge in [0.1, 0.15) is 30.4 Å². The second kappa shape index (κ2) is 12.1. The van der Waals surface area contributed by atoms with Gasteiger partial charge in [0.05, 0.1) is 11.9 Å². The minimum atomic E-state index is -3.27. The molecule has 2 aromatic rings. The number of rotatable bonds is 9. The van der Waals surface area contributed by atoms with Crippen LogP contribution in [0.4, 0.5) is 11.4 Å². The highest BCUT2D eigenvalue weighted by atomic mass is 32.2. The zero-order valence-electron chi connectivity index (χ0n) is 24.9. The Balaban J connectivity index is 1.68. The lowest BCUT2D eigenvalue weighted by Crippen LogP contribution is -2.43. The highest BCUT2D eigenvalue weighted by Crippen LogP contribution is 2.37. The van der Waals surface area contributed by atoms with Crippen molar-refractivity contribution in [2.45, 2.75) is 53.6 Å². The number of esters is 1. The molecule has 1 fully saturated rings. The average molecular weight is 583 g/mol. The van der Waals surface area contributed by atoms with Gasteiger partial charge in [-0.25, -0.2) is 22.9 Å². The van der Waals surface area contributed by atoms with Gasteiger partial charge >= 0.3 is 18.1 Å². The molecule has 1 saturated carbocycles. The van der Waals surface area contributed by atoms with E-state index in [-0.39, 0.29) is 29.1 Å². The molecule has 0 radical (unpaired) electrons. The number of carbonyl (C=O) groups excluding carboxylic acids is 1. The Morgan fingerprint density at radius 3 is 2.56 bits per heavy atom. The van der Waals surface area contributed by atoms with Crippen LogP contribution in [0.25, 0.3) is 5.57 Å². The van der Waals surface area contributed by atoms with Crippen LogP contribution in [0.2, 0.25) is 0 Å². The summed E-state index contributed by atoms with van der Waals surface area (Å²) in [6.45, 7) is 11.9. The normalized spacial score (nSPS) is 23.4. The largest absolute Gasteiger partial charge is 0.458 e. The van der Waals surface area contributed by atoms with Crippen molar-refractivity contribution in [3.63, 3.8) is 0 Å². The molecule has 1 N–H and O–H groups in total. The maximum atomic E-state index is 13.8. The van der Waals surface area contributed by atoms with E-state index in [9.17, 15) is 18.5 Å². The average Bonchev–Trinajstić information content (AvgIpc) is 3.42. The number of aryl methyl sites for hydroxylation is 2. The summed E-state index contributed by atoms with van der Waals surface area (Å²) in [6.07, 6.45) is 4.44. The van der Waals surface area contributed by atoms with Crippen LogP contribution in [-0.4, -0.2) is 61.9 Å². The fraction of sp³-hybridized carbons (Fsp3) is 0.552. The molecule has 2 unspecified atom stereocenters. The van der Waals surface area contributed by atoms with Crippen LogP contribution in [0, 0.1) is 36.0 Å². The number of anilines is 1. The Bertz CT molecular complexity index is 1520. The Morgan fingerprint density at radius 2 is 1.98 bits per heavy atom. The fourth-order valence-electron chi connectivity index (χ4n) is 6.07. The van der Waals surface area contributed by atoms with E-state index in [1.54, 1.807) is 22.7 Å². The fourth-order valence-corrected chi connectivity index (χ4v) is 6.53. The number of fused-ring (bicyclic) bond motifs is 1. The molecule has 2 atom stereocenters. The van der Waals surface area contributed by atoms with Crippen LogP contribution >= 0.6 is 0 Å². The second-order valence-electron chi connectivity index (χ2n) is 11.4. The van der Waals surface area contributed by atoms with Crippen molar-refractivity contribution in [1.82, 2.24) is 14.4 Å². The van der Waals surface area contributed by atoms with Crippen LogP contribution in [0.3, 0.4) is 0 Å². The summed E-state index contributed by atoms with van der Waals surface area (Å²) in [7, 11) is -1.49. The van der Waals surface area contributed by atoms with E-state index >= 15 is 0 Å². The number of nitrogens with one attached hydrogen (secondary N) is 1. The van der Waals surface area contributed by atoms with Crippen molar-refractivity contribution in [2.75, 3.05) is 30.8 Å². The summed E-state index contributed by atoms with van der Waals surface area (Å²) in [4.78, 5) is 25.1. The van der Waals surface area contributed by atoms with Crippen molar-refractivity contribution in [3.05, 3.63) is 41.5 Å². The lowest BCUT2D eigenvalue weighted by atomic mass is 9.75. The van der Waals surface area contributed by atoms with Gasteiger partial charge in [0.25, 0.3) is 0 Å². The lowest BCUT2D eigenvalue weighted by molar-refractivity contribution is -0.741. The molecule has 1 aliphatic heterocycles. The summed E-state index contributed by atoms with van der Waals surface area (Å²) < 4.78 is 34.9. The predicted octanol–water partition coefficient (Wildman–Crippen LogP) is 2.87. The van der Waals surface area contributed by atoms with Crippen LogP contribution in [-0.2, 0) is 26.6 Å². The lowest BCUT2D eigenvalue weighted by Gasteiger charge is -2.37. The number of allylic oxidation sites excluding steroid dienone is 1. The van der Waals surface area contributed by atoms with E-state index in [4.69, 9.17) is 9.73 Å². The summed E-state index contributed by atoms with van der Waals surface area (Å²) in [5, 5.41) is 10.1. The molecular formula is C29H40N7O4S+. The number of benzene rings is 1. The van der Waals surface area contributed by atoms with Crippen molar-refractivity contribution >= 4 is 38.8 Å². The smallest absolute Gasteiger partial charge is 0.343 e. The van der Waals surface area contributed by atoms with Crippen molar-refractivity contribution in [3.8, 4) is 6.07 Å². The third-order valence-electron chi connectivity index (χ3n) is 7.89. The first-order chi connectivity index (χ1) is 19.3. The van der Waals surface area contributed by atoms with Crippen LogP contribution < -0.4 is 14.3 Å². The van der Waals surface area contributed by atoms with E-state index in [1.807, 2.05) is 32.0 Å². The molecule has 1 aromatic heterocycles. The maximum absolute atomic E-state index is 13.8. The number of hydrogen-bond acceptors (Lipinski definition) is 8. The van der Waals surface area contributed by atoms with E-state index in [1.165, 1.54) is 0 Å². The van der Waals surface area contributed by atoms with Crippen molar-refractivity contribution < 1.29 is 22.6 Å². The van der Waals surface area contributed by atoms with Crippen LogP contribution in [0.15, 0.2) is 35.1 Å². The standard InChI is InChI=1S/C29H40N7O4S/c1-8-35(12-11-32-41(7,38)39)22-9-10-24(19(3)15-22)33-28-25(23(16-30)27-31-17-34(6)36(27)28)29(37)40-26-20(4)13-18(2)14-21(26)5/h9-10,15,17-18,20-21,26,32H,8,11-14H2,1-7H3/q+1. The van der Waals surface area contributed by atoms with Crippen LogP contribution in [0.5, 0.6) is 0 Å². The highest BCUT2D eigenvalue weighted by Gasteiger charge is 2.43. The number of ether oxygens (including phenoxy) is 1. The Labute approximate surface area is 242 Å². The molecule has 41 heavy (non-hydrogen) atoms. The van der Waals surface area contributed by atoms with Crippen molar-refractivity contribution in [1.29, 1.82) is 5.26 Å². The summed E-state index contributed by atoms with van der Waals surface area (Å²) in [5.41, 5.74) is 2.67.